The van der Waals surface area contributed by atoms with Crippen molar-refractivity contribution >= 4 is 45.5 Å². The van der Waals surface area contributed by atoms with Crippen LogP contribution in [0.2, 0.25) is 0 Å². The summed E-state index contributed by atoms with van der Waals surface area (Å²) in [6.45, 7) is 0. The Labute approximate surface area is 181 Å². The molecule has 1 fully saturated rings. The predicted octanol–water partition coefficient (Wildman–Crippen LogP) is 3.22. The third kappa shape index (κ3) is 3.24. The van der Waals surface area contributed by atoms with E-state index in [0.717, 1.165) is 42.5 Å². The van der Waals surface area contributed by atoms with Crippen LogP contribution >= 0.6 is 0 Å². The number of aromatic nitrogens is 4. The molecule has 5 rings (SSSR count). The van der Waals surface area contributed by atoms with Crippen molar-refractivity contribution in [2.24, 2.45) is 5.10 Å². The van der Waals surface area contributed by atoms with E-state index in [9.17, 15) is 4.21 Å². The van der Waals surface area contributed by atoms with Crippen molar-refractivity contribution in [3.05, 3.63) is 30.6 Å². The molecule has 1 unspecified atom stereocenters. The van der Waals surface area contributed by atoms with Crippen LogP contribution in [0, 0.1) is 0 Å². The first-order valence-electron chi connectivity index (χ1n) is 10.1. The van der Waals surface area contributed by atoms with Gasteiger partial charge in [0.15, 0.2) is 5.03 Å². The molecule has 31 heavy (non-hydrogen) atoms. The zero-order valence-electron chi connectivity index (χ0n) is 17.3. The van der Waals surface area contributed by atoms with Crippen LogP contribution < -0.4 is 10.3 Å². The summed E-state index contributed by atoms with van der Waals surface area (Å²) >= 11 is -2.11. The van der Waals surface area contributed by atoms with E-state index in [1.165, 1.54) is 18.7 Å². The van der Waals surface area contributed by atoms with Crippen LogP contribution in [-0.2, 0) is 21.4 Å². The van der Waals surface area contributed by atoms with Crippen molar-refractivity contribution in [2.75, 3.05) is 24.5 Å². The second-order valence-electron chi connectivity index (χ2n) is 7.79. The number of pyridine rings is 1. The van der Waals surface area contributed by atoms with Crippen LogP contribution in [0.4, 0.5) is 17.5 Å². The maximum atomic E-state index is 11.1. The Hall–Kier alpha value is -3.05. The second kappa shape index (κ2) is 7.57. The van der Waals surface area contributed by atoms with E-state index in [2.05, 4.69) is 25.9 Å². The summed E-state index contributed by atoms with van der Waals surface area (Å²) < 4.78 is 28.3. The molecule has 162 valence electrons. The van der Waals surface area contributed by atoms with Gasteiger partial charge in [0.05, 0.1) is 19.0 Å². The van der Waals surface area contributed by atoms with E-state index in [1.54, 1.807) is 19.4 Å². The minimum absolute atomic E-state index is 0.0937. The molecule has 1 atom stereocenters. The van der Waals surface area contributed by atoms with Crippen molar-refractivity contribution in [1.29, 1.82) is 0 Å². The minimum atomic E-state index is -2.11. The lowest BCUT2D eigenvalue weighted by molar-refractivity contribution is 0.222. The molecular weight excluding hydrogens is 418 g/mol. The fourth-order valence-corrected chi connectivity index (χ4v) is 4.89. The molecule has 2 aliphatic rings. The van der Waals surface area contributed by atoms with Gasteiger partial charge in [0.1, 0.15) is 17.0 Å². The number of nitrogens with one attached hydrogen (secondary N) is 1. The number of hydrazone groups is 1. The normalized spacial score (nSPS) is 18.5. The SMILES string of the molecule is COC1=NN(C)c2cc3cnc(Nc4ccc(S(=O)O)nc4)nc3n2C12CCCCC2. The largest absolute Gasteiger partial charge is 0.481 e. The average molecular weight is 442 g/mol. The lowest BCUT2D eigenvalue weighted by atomic mass is 9.80. The first kappa shape index (κ1) is 19.9. The molecule has 0 aromatic carbocycles. The molecule has 0 saturated heterocycles. The molecule has 4 heterocycles. The van der Waals surface area contributed by atoms with Crippen molar-refractivity contribution in [3.8, 4) is 0 Å². The number of anilines is 3. The number of hydrogen-bond donors (Lipinski definition) is 2. The molecule has 0 amide bonds. The van der Waals surface area contributed by atoms with Crippen LogP contribution in [-0.4, -0.2) is 48.3 Å². The highest BCUT2D eigenvalue weighted by Gasteiger charge is 2.46. The molecule has 0 bridgehead atoms. The van der Waals surface area contributed by atoms with E-state index in [0.29, 0.717) is 17.5 Å². The van der Waals surface area contributed by atoms with Crippen LogP contribution in [0.3, 0.4) is 0 Å². The quantitative estimate of drug-likeness (QED) is 0.595. The Balaban J connectivity index is 1.59. The summed E-state index contributed by atoms with van der Waals surface area (Å²) in [6, 6.07) is 5.21. The highest BCUT2D eigenvalue weighted by Crippen LogP contribution is 2.45. The van der Waals surface area contributed by atoms with Crippen LogP contribution in [0.25, 0.3) is 11.0 Å². The minimum Gasteiger partial charge on any atom is -0.481 e. The molecule has 11 heteroatoms. The zero-order valence-corrected chi connectivity index (χ0v) is 18.1. The highest BCUT2D eigenvalue weighted by atomic mass is 32.2. The molecule has 0 radical (unpaired) electrons. The Morgan fingerprint density at radius 2 is 2.00 bits per heavy atom. The highest BCUT2D eigenvalue weighted by molar-refractivity contribution is 7.79. The number of methoxy groups -OCH3 is 1. The van der Waals surface area contributed by atoms with Crippen molar-refractivity contribution < 1.29 is 13.5 Å². The molecule has 1 aliphatic heterocycles. The zero-order chi connectivity index (χ0) is 21.6. The molecule has 3 aromatic rings. The second-order valence-corrected chi connectivity index (χ2v) is 8.71. The molecule has 3 aromatic heterocycles. The van der Waals surface area contributed by atoms with E-state index >= 15 is 0 Å². The fraction of sp³-hybridized carbons (Fsp3) is 0.400. The van der Waals surface area contributed by atoms with Gasteiger partial charge in [-0.15, -0.1) is 5.10 Å². The Kier molecular flexibility index (Phi) is 4.86. The van der Waals surface area contributed by atoms with Crippen molar-refractivity contribution in [1.82, 2.24) is 19.5 Å². The maximum Gasteiger partial charge on any atom is 0.232 e. The number of rotatable bonds is 3. The number of ether oxygens (including phenoxy) is 1. The fourth-order valence-electron chi connectivity index (χ4n) is 4.56. The standard InChI is InChI=1S/C20H23N7O3S/c1-26-16-10-13-11-22-19(23-14-6-7-15(21-12-14)31(28)29)24-17(13)27(16)20(18(25-26)30-2)8-4-3-5-9-20/h6-7,10-12H,3-5,8-9H2,1-2H3,(H,28,29)(H,22,23,24). The number of hydrogen-bond acceptors (Lipinski definition) is 8. The van der Waals surface area contributed by atoms with Gasteiger partial charge in [-0.1, -0.05) is 19.3 Å². The van der Waals surface area contributed by atoms with Gasteiger partial charge in [-0.3, -0.25) is 4.57 Å². The van der Waals surface area contributed by atoms with Gasteiger partial charge in [0.2, 0.25) is 22.9 Å². The third-order valence-electron chi connectivity index (χ3n) is 5.97. The smallest absolute Gasteiger partial charge is 0.232 e. The molecule has 2 N–H and O–H groups in total. The summed E-state index contributed by atoms with van der Waals surface area (Å²) in [5, 5.41) is 10.7. The lowest BCUT2D eigenvalue weighted by Gasteiger charge is -2.43. The summed E-state index contributed by atoms with van der Waals surface area (Å²) in [5.74, 6) is 2.09. The Bertz CT molecular complexity index is 1190. The van der Waals surface area contributed by atoms with Gasteiger partial charge in [-0.25, -0.2) is 19.2 Å². The molecule has 1 aliphatic carbocycles. The molecule has 1 saturated carbocycles. The summed E-state index contributed by atoms with van der Waals surface area (Å²) in [5.41, 5.74) is 1.09. The number of fused-ring (bicyclic) bond motifs is 4. The summed E-state index contributed by atoms with van der Waals surface area (Å²) in [6.07, 6.45) is 8.57. The summed E-state index contributed by atoms with van der Waals surface area (Å²) in [7, 11) is 3.59. The first-order valence-corrected chi connectivity index (χ1v) is 11.2. The van der Waals surface area contributed by atoms with Gasteiger partial charge in [0.25, 0.3) is 0 Å². The van der Waals surface area contributed by atoms with Gasteiger partial charge >= 0.3 is 0 Å². The number of nitrogens with zero attached hydrogens (tertiary/aromatic N) is 6. The maximum absolute atomic E-state index is 11.1. The van der Waals surface area contributed by atoms with E-state index in [1.807, 2.05) is 12.1 Å². The lowest BCUT2D eigenvalue weighted by Crippen LogP contribution is -2.49. The van der Waals surface area contributed by atoms with Gasteiger partial charge in [-0.05, 0) is 31.0 Å². The van der Waals surface area contributed by atoms with Crippen molar-refractivity contribution in [2.45, 2.75) is 42.7 Å². The monoisotopic (exact) mass is 441 g/mol. The average Bonchev–Trinajstić information content (AvgIpc) is 3.18. The molecular formula is C20H23N7O3S. The van der Waals surface area contributed by atoms with Crippen LogP contribution in [0.5, 0.6) is 0 Å². The molecule has 10 nitrogen and oxygen atoms in total. The Morgan fingerprint density at radius 3 is 2.68 bits per heavy atom. The third-order valence-corrected chi connectivity index (χ3v) is 6.56. The first-order chi connectivity index (χ1) is 15.0. The van der Waals surface area contributed by atoms with Crippen molar-refractivity contribution in [3.63, 3.8) is 0 Å². The van der Waals surface area contributed by atoms with Gasteiger partial charge < -0.3 is 14.6 Å². The van der Waals surface area contributed by atoms with Crippen LogP contribution in [0.15, 0.2) is 40.7 Å². The van der Waals surface area contributed by atoms with Gasteiger partial charge in [-0.2, -0.15) is 4.98 Å². The topological polar surface area (TPSA) is 118 Å². The van der Waals surface area contributed by atoms with E-state index < -0.39 is 11.1 Å². The van der Waals surface area contributed by atoms with Gasteiger partial charge in [0, 0.05) is 18.6 Å². The van der Waals surface area contributed by atoms with E-state index in [-0.39, 0.29) is 10.6 Å². The molecule has 1 spiro atoms. The summed E-state index contributed by atoms with van der Waals surface area (Å²) in [4.78, 5) is 13.2. The van der Waals surface area contributed by atoms with Crippen LogP contribution in [0.1, 0.15) is 32.1 Å². The predicted molar refractivity (Wildman–Crippen MR) is 118 cm³/mol. The van der Waals surface area contributed by atoms with E-state index in [4.69, 9.17) is 19.4 Å². The Morgan fingerprint density at radius 1 is 1.19 bits per heavy atom.